The van der Waals surface area contributed by atoms with Gasteiger partial charge in [-0.25, -0.2) is 5.32 Å². The third-order valence-electron chi connectivity index (χ3n) is 2.26. The lowest BCUT2D eigenvalue weighted by atomic mass is 9.98. The average Bonchev–Trinajstić information content (AvgIpc) is 2.05. The van der Waals surface area contributed by atoms with Crippen LogP contribution in [0, 0.1) is 0 Å². The summed E-state index contributed by atoms with van der Waals surface area (Å²) in [4.78, 5) is 0. The van der Waals surface area contributed by atoms with Crippen LogP contribution in [-0.4, -0.2) is 19.6 Å². The summed E-state index contributed by atoms with van der Waals surface area (Å²) in [7, 11) is 0. The van der Waals surface area contributed by atoms with Gasteiger partial charge in [-0.3, -0.25) is 0 Å². The van der Waals surface area contributed by atoms with E-state index in [0.717, 1.165) is 19.6 Å². The summed E-state index contributed by atoms with van der Waals surface area (Å²) >= 11 is 0. The molecule has 0 aromatic rings. The van der Waals surface area contributed by atoms with Crippen LogP contribution in [-0.2, 0) is 0 Å². The first kappa shape index (κ1) is 6.23. The Bertz CT molecular complexity index is 127. The van der Waals surface area contributed by atoms with Crippen molar-refractivity contribution in [3.63, 3.8) is 0 Å². The van der Waals surface area contributed by atoms with Crippen molar-refractivity contribution in [3.8, 4) is 0 Å². The Balaban J connectivity index is 2.14. The van der Waals surface area contributed by atoms with Gasteiger partial charge in [-0.1, -0.05) is 0 Å². The molecule has 0 saturated heterocycles. The van der Waals surface area contributed by atoms with E-state index in [1.807, 2.05) is 0 Å². The molecule has 2 heterocycles. The predicted molar refractivity (Wildman–Crippen MR) is 40.7 cm³/mol. The van der Waals surface area contributed by atoms with Gasteiger partial charge in [0.05, 0.1) is 6.54 Å². The van der Waals surface area contributed by atoms with Gasteiger partial charge in [-0.15, -0.1) is 0 Å². The Labute approximate surface area is 61.7 Å². The Morgan fingerprint density at radius 2 is 2.30 bits per heavy atom. The molecule has 0 aromatic carbocycles. The van der Waals surface area contributed by atoms with E-state index in [1.165, 1.54) is 25.0 Å². The van der Waals surface area contributed by atoms with Crippen LogP contribution < -0.4 is 10.6 Å². The second-order valence-electron chi connectivity index (χ2n) is 2.97. The van der Waals surface area contributed by atoms with Crippen LogP contribution in [0.15, 0.2) is 11.3 Å². The molecule has 1 radical (unpaired) electrons. The first-order chi connectivity index (χ1) is 4.97. The molecular weight excluding hydrogens is 124 g/mol. The highest BCUT2D eigenvalue weighted by atomic mass is 15.0. The SMILES string of the molecule is C1CNC2=C(C1)CC[N]C2. The van der Waals surface area contributed by atoms with Gasteiger partial charge >= 0.3 is 0 Å². The van der Waals surface area contributed by atoms with Gasteiger partial charge in [0.2, 0.25) is 0 Å². The molecule has 2 rings (SSSR count). The smallest absolute Gasteiger partial charge is 0.0531 e. The highest BCUT2D eigenvalue weighted by Gasteiger charge is 2.15. The third kappa shape index (κ3) is 1.03. The van der Waals surface area contributed by atoms with E-state index >= 15 is 0 Å². The van der Waals surface area contributed by atoms with Crippen LogP contribution in [0.2, 0.25) is 0 Å². The summed E-state index contributed by atoms with van der Waals surface area (Å²) < 4.78 is 0. The number of hydrogen-bond acceptors (Lipinski definition) is 1. The molecule has 55 valence electrons. The van der Waals surface area contributed by atoms with E-state index in [2.05, 4.69) is 10.6 Å². The highest BCUT2D eigenvalue weighted by Crippen LogP contribution is 2.19. The summed E-state index contributed by atoms with van der Waals surface area (Å²) in [5.74, 6) is 0. The fraction of sp³-hybridized carbons (Fsp3) is 0.750. The predicted octanol–water partition coefficient (Wildman–Crippen LogP) is 0.632. The standard InChI is InChI=1S/C8H13N2/c1-2-7-3-5-9-6-8(7)10-4-1/h10H,1-6H2. The van der Waals surface area contributed by atoms with E-state index in [4.69, 9.17) is 0 Å². The van der Waals surface area contributed by atoms with Crippen LogP contribution in [0.3, 0.4) is 0 Å². The molecule has 0 amide bonds. The van der Waals surface area contributed by atoms with E-state index < -0.39 is 0 Å². The maximum Gasteiger partial charge on any atom is 0.0531 e. The lowest BCUT2D eigenvalue weighted by Gasteiger charge is -2.25. The van der Waals surface area contributed by atoms with Gasteiger partial charge in [-0.2, -0.15) is 0 Å². The quantitative estimate of drug-likeness (QED) is 0.520. The Hall–Kier alpha value is -0.500. The number of nitrogens with zero attached hydrogens (tertiary/aromatic N) is 1. The molecule has 0 fully saturated rings. The minimum absolute atomic E-state index is 0.954. The lowest BCUT2D eigenvalue weighted by Crippen LogP contribution is -2.31. The lowest BCUT2D eigenvalue weighted by molar-refractivity contribution is 0.547. The molecule has 0 unspecified atom stereocenters. The number of hydrogen-bond donors (Lipinski definition) is 1. The van der Waals surface area contributed by atoms with Crippen molar-refractivity contribution in [2.75, 3.05) is 19.6 Å². The second kappa shape index (κ2) is 2.62. The minimum atomic E-state index is 0.954. The summed E-state index contributed by atoms with van der Waals surface area (Å²) in [5, 5.41) is 7.75. The zero-order valence-corrected chi connectivity index (χ0v) is 6.19. The van der Waals surface area contributed by atoms with Gasteiger partial charge in [-0.05, 0) is 24.8 Å². The topological polar surface area (TPSA) is 26.1 Å². The molecule has 0 aliphatic carbocycles. The Morgan fingerprint density at radius 3 is 3.20 bits per heavy atom. The molecular formula is C8H13N2. The van der Waals surface area contributed by atoms with Crippen LogP contribution in [0.1, 0.15) is 19.3 Å². The Kier molecular flexibility index (Phi) is 1.63. The molecule has 1 N–H and O–H groups in total. The van der Waals surface area contributed by atoms with Crippen molar-refractivity contribution in [3.05, 3.63) is 11.3 Å². The largest absolute Gasteiger partial charge is 0.387 e. The van der Waals surface area contributed by atoms with Crippen molar-refractivity contribution in [2.24, 2.45) is 0 Å². The van der Waals surface area contributed by atoms with Crippen LogP contribution in [0.25, 0.3) is 0 Å². The van der Waals surface area contributed by atoms with Gasteiger partial charge in [0.1, 0.15) is 0 Å². The third-order valence-corrected chi connectivity index (χ3v) is 2.26. The van der Waals surface area contributed by atoms with Crippen LogP contribution in [0.4, 0.5) is 0 Å². The van der Waals surface area contributed by atoms with Crippen molar-refractivity contribution in [1.82, 2.24) is 10.6 Å². The van der Waals surface area contributed by atoms with E-state index in [9.17, 15) is 0 Å². The van der Waals surface area contributed by atoms with Crippen LogP contribution >= 0.6 is 0 Å². The van der Waals surface area contributed by atoms with E-state index in [1.54, 1.807) is 5.57 Å². The molecule has 0 spiro atoms. The molecule has 2 aliphatic heterocycles. The maximum absolute atomic E-state index is 4.34. The number of rotatable bonds is 0. The highest BCUT2D eigenvalue weighted by molar-refractivity contribution is 5.19. The summed E-state index contributed by atoms with van der Waals surface area (Å²) in [6.45, 7) is 3.17. The van der Waals surface area contributed by atoms with Crippen molar-refractivity contribution >= 4 is 0 Å². The maximum atomic E-state index is 4.34. The normalized spacial score (nSPS) is 25.6. The molecule has 0 bridgehead atoms. The first-order valence-electron chi connectivity index (χ1n) is 4.05. The second-order valence-corrected chi connectivity index (χ2v) is 2.97. The van der Waals surface area contributed by atoms with Crippen molar-refractivity contribution in [2.45, 2.75) is 19.3 Å². The fourth-order valence-corrected chi connectivity index (χ4v) is 1.67. The molecule has 0 saturated carbocycles. The molecule has 10 heavy (non-hydrogen) atoms. The minimum Gasteiger partial charge on any atom is -0.387 e. The molecule has 2 heteroatoms. The van der Waals surface area contributed by atoms with E-state index in [-0.39, 0.29) is 0 Å². The Morgan fingerprint density at radius 1 is 1.30 bits per heavy atom. The number of nitrogens with one attached hydrogen (secondary N) is 1. The molecule has 0 aromatic heterocycles. The van der Waals surface area contributed by atoms with Crippen molar-refractivity contribution < 1.29 is 0 Å². The zero-order valence-electron chi connectivity index (χ0n) is 6.19. The molecule has 2 aliphatic rings. The van der Waals surface area contributed by atoms with Gasteiger partial charge in [0.25, 0.3) is 0 Å². The van der Waals surface area contributed by atoms with Crippen LogP contribution in [0.5, 0.6) is 0 Å². The van der Waals surface area contributed by atoms with Gasteiger partial charge in [0.15, 0.2) is 0 Å². The fourth-order valence-electron chi connectivity index (χ4n) is 1.67. The van der Waals surface area contributed by atoms with E-state index in [0.29, 0.717) is 0 Å². The zero-order chi connectivity index (χ0) is 6.81. The molecule has 2 nitrogen and oxygen atoms in total. The average molecular weight is 137 g/mol. The summed E-state index contributed by atoms with van der Waals surface area (Å²) in [6, 6.07) is 0. The summed E-state index contributed by atoms with van der Waals surface area (Å²) in [6.07, 6.45) is 3.85. The van der Waals surface area contributed by atoms with Gasteiger partial charge in [0, 0.05) is 18.8 Å². The van der Waals surface area contributed by atoms with Crippen molar-refractivity contribution in [1.29, 1.82) is 0 Å². The monoisotopic (exact) mass is 137 g/mol. The van der Waals surface area contributed by atoms with Gasteiger partial charge < -0.3 is 5.32 Å². The molecule has 0 atom stereocenters. The summed E-state index contributed by atoms with van der Waals surface area (Å²) in [5.41, 5.74) is 3.07. The first-order valence-corrected chi connectivity index (χ1v) is 4.05.